The largest absolute Gasteiger partial charge is 0.397 e. The van der Waals surface area contributed by atoms with Crippen molar-refractivity contribution in [2.75, 3.05) is 73.8 Å². The van der Waals surface area contributed by atoms with Crippen LogP contribution in [0.5, 0.6) is 0 Å². The highest BCUT2D eigenvalue weighted by Crippen LogP contribution is 2.09. The van der Waals surface area contributed by atoms with Crippen LogP contribution in [0.1, 0.15) is 26.7 Å². The van der Waals surface area contributed by atoms with E-state index < -0.39 is 8.56 Å². The maximum Gasteiger partial charge on any atom is 0.348 e. The summed E-state index contributed by atoms with van der Waals surface area (Å²) in [5, 5.41) is 0. The normalized spacial score (nSPS) is 12.8. The minimum absolute atomic E-state index is 0.950. The molecule has 0 aromatic carbocycles. The summed E-state index contributed by atoms with van der Waals surface area (Å²) >= 11 is 0. The molecule has 0 fully saturated rings. The van der Waals surface area contributed by atoms with Crippen molar-refractivity contribution in [3.63, 3.8) is 0 Å². The van der Waals surface area contributed by atoms with Gasteiger partial charge in [0.05, 0.1) is 0 Å². The number of nitrogens with zero attached hydrogens (tertiary/aromatic N) is 3. The molecule has 134 valence electrons. The van der Waals surface area contributed by atoms with Gasteiger partial charge in [0.2, 0.25) is 0 Å². The molecule has 0 bridgehead atoms. The molecule has 0 radical (unpaired) electrons. The summed E-state index contributed by atoms with van der Waals surface area (Å²) in [7, 11) is 5.90. The van der Waals surface area contributed by atoms with Crippen LogP contribution in [0, 0.1) is 0 Å². The van der Waals surface area contributed by atoms with E-state index in [1.807, 2.05) is 0 Å². The second-order valence-corrected chi connectivity index (χ2v) is 9.72. The molecule has 0 N–H and O–H groups in total. The molecule has 0 aliphatic carbocycles. The highest BCUT2D eigenvalue weighted by Gasteiger charge is 2.31. The molecule has 0 aromatic heterocycles. The van der Waals surface area contributed by atoms with E-state index >= 15 is 0 Å². The summed E-state index contributed by atoms with van der Waals surface area (Å²) < 4.78 is 11.3. The molecule has 0 aliphatic rings. The topological polar surface area (TPSA) is 28.2 Å². The molecule has 0 rings (SSSR count). The van der Waals surface area contributed by atoms with Gasteiger partial charge in [0.1, 0.15) is 0 Å². The van der Waals surface area contributed by atoms with Crippen molar-refractivity contribution in [3.05, 3.63) is 0 Å². The summed E-state index contributed by atoms with van der Waals surface area (Å²) in [6.07, 6.45) is 3.35. The van der Waals surface area contributed by atoms with Crippen molar-refractivity contribution < 1.29 is 8.85 Å². The van der Waals surface area contributed by atoms with Crippen LogP contribution in [-0.4, -0.2) is 97.0 Å². The highest BCUT2D eigenvalue weighted by molar-refractivity contribution is 6.66. The van der Waals surface area contributed by atoms with E-state index in [0.717, 1.165) is 45.4 Å². The molecule has 6 heteroatoms. The Morgan fingerprint density at radius 3 is 1.50 bits per heavy atom. The van der Waals surface area contributed by atoms with Crippen LogP contribution in [0.15, 0.2) is 0 Å². The Balaban J connectivity index is 4.35. The minimum atomic E-state index is -2.03. The van der Waals surface area contributed by atoms with Crippen molar-refractivity contribution in [1.29, 1.82) is 0 Å². The molecule has 5 nitrogen and oxygen atoms in total. The smallest absolute Gasteiger partial charge is 0.348 e. The summed E-state index contributed by atoms with van der Waals surface area (Å²) in [4.78, 5) is 7.27. The third-order valence-electron chi connectivity index (χ3n) is 4.48. The van der Waals surface area contributed by atoms with Gasteiger partial charge in [0, 0.05) is 20.4 Å². The molecule has 0 unspecified atom stereocenters. The Labute approximate surface area is 139 Å². The highest BCUT2D eigenvalue weighted by atomic mass is 28.4. The fourth-order valence-electron chi connectivity index (χ4n) is 2.33. The van der Waals surface area contributed by atoms with Gasteiger partial charge >= 0.3 is 8.56 Å². The Kier molecular flexibility index (Phi) is 12.5. The van der Waals surface area contributed by atoms with Gasteiger partial charge in [0.15, 0.2) is 0 Å². The monoisotopic (exact) mass is 333 g/mol. The Morgan fingerprint density at radius 2 is 1.18 bits per heavy atom. The van der Waals surface area contributed by atoms with Gasteiger partial charge in [-0.1, -0.05) is 13.8 Å². The van der Waals surface area contributed by atoms with Crippen molar-refractivity contribution in [2.45, 2.75) is 33.2 Å². The van der Waals surface area contributed by atoms with E-state index in [4.69, 9.17) is 8.85 Å². The van der Waals surface area contributed by atoms with Gasteiger partial charge in [-0.3, -0.25) is 0 Å². The molecule has 0 saturated heterocycles. The fourth-order valence-corrected chi connectivity index (χ4v) is 3.89. The van der Waals surface area contributed by atoms with E-state index in [1.54, 1.807) is 14.2 Å². The molecule has 0 saturated carbocycles. The lowest BCUT2D eigenvalue weighted by Gasteiger charge is -2.31. The zero-order valence-electron chi connectivity index (χ0n) is 16.0. The van der Waals surface area contributed by atoms with Crippen LogP contribution < -0.4 is 0 Å². The van der Waals surface area contributed by atoms with Crippen molar-refractivity contribution in [2.24, 2.45) is 0 Å². The lowest BCUT2D eigenvalue weighted by atomic mass is 10.3. The standard InChI is InChI=1S/C16H39N3O2Si/c1-8-17(3)12-10-14-19(15-11-13-18(4)9-2)16-22(7,20-5)21-6/h8-16H2,1-7H3. The first kappa shape index (κ1) is 22.0. The molecule has 0 spiro atoms. The van der Waals surface area contributed by atoms with E-state index in [2.05, 4.69) is 49.2 Å². The summed E-state index contributed by atoms with van der Waals surface area (Å²) in [6, 6.07) is 0. The average molecular weight is 334 g/mol. The molecule has 0 aromatic rings. The van der Waals surface area contributed by atoms with Crippen LogP contribution in [0.3, 0.4) is 0 Å². The summed E-state index contributed by atoms with van der Waals surface area (Å²) in [5.74, 6) is 0. The van der Waals surface area contributed by atoms with Crippen LogP contribution in [0.25, 0.3) is 0 Å². The summed E-state index contributed by atoms with van der Waals surface area (Å²) in [5.41, 5.74) is 0. The predicted molar refractivity (Wildman–Crippen MR) is 97.7 cm³/mol. The first-order valence-electron chi connectivity index (χ1n) is 8.60. The molecule has 0 atom stereocenters. The van der Waals surface area contributed by atoms with Gasteiger partial charge in [-0.15, -0.1) is 0 Å². The van der Waals surface area contributed by atoms with Crippen molar-refractivity contribution >= 4 is 8.56 Å². The van der Waals surface area contributed by atoms with Crippen molar-refractivity contribution in [3.8, 4) is 0 Å². The van der Waals surface area contributed by atoms with E-state index in [9.17, 15) is 0 Å². The van der Waals surface area contributed by atoms with Crippen LogP contribution in [0.2, 0.25) is 6.55 Å². The van der Waals surface area contributed by atoms with Gasteiger partial charge in [-0.05, 0) is 72.8 Å². The minimum Gasteiger partial charge on any atom is -0.397 e. The second kappa shape index (κ2) is 12.4. The average Bonchev–Trinajstić information content (AvgIpc) is 2.53. The van der Waals surface area contributed by atoms with Gasteiger partial charge in [-0.2, -0.15) is 0 Å². The predicted octanol–water partition coefficient (Wildman–Crippen LogP) is 1.88. The number of rotatable bonds is 14. The zero-order chi connectivity index (χ0) is 17.0. The molecular weight excluding hydrogens is 294 g/mol. The van der Waals surface area contributed by atoms with E-state index in [-0.39, 0.29) is 0 Å². The lowest BCUT2D eigenvalue weighted by Crippen LogP contribution is -2.50. The first-order valence-corrected chi connectivity index (χ1v) is 11.1. The molecule has 0 amide bonds. The molecular formula is C16H39N3O2Si. The lowest BCUT2D eigenvalue weighted by molar-refractivity contribution is 0.196. The fraction of sp³-hybridized carbons (Fsp3) is 1.00. The Bertz CT molecular complexity index is 250. The van der Waals surface area contributed by atoms with E-state index in [0.29, 0.717) is 0 Å². The van der Waals surface area contributed by atoms with Crippen LogP contribution >= 0.6 is 0 Å². The zero-order valence-corrected chi connectivity index (χ0v) is 17.0. The maximum absolute atomic E-state index is 5.67. The number of hydrogen-bond donors (Lipinski definition) is 0. The third kappa shape index (κ3) is 9.92. The Morgan fingerprint density at radius 1 is 0.773 bits per heavy atom. The molecule has 22 heavy (non-hydrogen) atoms. The third-order valence-corrected chi connectivity index (χ3v) is 7.23. The van der Waals surface area contributed by atoms with Gasteiger partial charge in [-0.25, -0.2) is 0 Å². The molecule has 0 heterocycles. The second-order valence-electron chi connectivity index (χ2n) is 6.32. The quantitative estimate of drug-likeness (QED) is 0.453. The first-order chi connectivity index (χ1) is 10.4. The molecule has 0 aliphatic heterocycles. The van der Waals surface area contributed by atoms with E-state index in [1.165, 1.54) is 12.8 Å². The van der Waals surface area contributed by atoms with Gasteiger partial charge in [0.25, 0.3) is 0 Å². The van der Waals surface area contributed by atoms with Crippen LogP contribution in [-0.2, 0) is 8.85 Å². The SMILES string of the molecule is CCN(C)CCCN(CCCN(C)CC)C[Si](C)(OC)OC. The Hall–Kier alpha value is 0.0169. The van der Waals surface area contributed by atoms with Gasteiger partial charge < -0.3 is 23.6 Å². The van der Waals surface area contributed by atoms with Crippen LogP contribution in [0.4, 0.5) is 0 Å². The summed E-state index contributed by atoms with van der Waals surface area (Å²) in [6.45, 7) is 13.3. The maximum atomic E-state index is 5.67. The number of hydrogen-bond acceptors (Lipinski definition) is 5. The van der Waals surface area contributed by atoms with Crippen molar-refractivity contribution in [1.82, 2.24) is 14.7 Å².